The van der Waals surface area contributed by atoms with E-state index in [0.717, 1.165) is 0 Å². The van der Waals surface area contributed by atoms with Crippen LogP contribution in [0.15, 0.2) is 24.5 Å². The van der Waals surface area contributed by atoms with E-state index < -0.39 is 5.97 Å². The van der Waals surface area contributed by atoms with Crippen LogP contribution >= 0.6 is 0 Å². The third-order valence-corrected chi connectivity index (χ3v) is 2.98. The number of carbonyl (C=O) groups excluding carboxylic acids is 1. The van der Waals surface area contributed by atoms with E-state index in [0.29, 0.717) is 29.0 Å². The first-order chi connectivity index (χ1) is 10.5. The predicted octanol–water partition coefficient (Wildman–Crippen LogP) is 1.88. The number of aryl methyl sites for hydroxylation is 1. The monoisotopic (exact) mass is 302 g/mol. The van der Waals surface area contributed by atoms with Gasteiger partial charge in [-0.05, 0) is 13.0 Å². The third kappa shape index (κ3) is 3.38. The summed E-state index contributed by atoms with van der Waals surface area (Å²) in [7, 11) is 1.45. The number of aromatic nitrogens is 2. The standard InChI is InChI=1S/C15H14N2O5/c1-9-12(15(19)20)3-10(5-16-9)8-22-13-6-17-14(21-2)4-11(13)7-18/h3-7H,8H2,1-2H3,(H,19,20). The third-order valence-electron chi connectivity index (χ3n) is 2.98. The number of carboxylic acid groups (broad SMARTS) is 1. The lowest BCUT2D eigenvalue weighted by atomic mass is 10.1. The Bertz CT molecular complexity index is 715. The fraction of sp³-hybridized carbons (Fsp3) is 0.200. The van der Waals surface area contributed by atoms with Crippen molar-refractivity contribution in [3.05, 3.63) is 46.9 Å². The summed E-state index contributed by atoms with van der Waals surface area (Å²) in [6.07, 6.45) is 3.54. The molecule has 0 unspecified atom stereocenters. The molecular weight excluding hydrogens is 288 g/mol. The van der Waals surface area contributed by atoms with Crippen molar-refractivity contribution < 1.29 is 24.2 Å². The fourth-order valence-electron chi connectivity index (χ4n) is 1.80. The quantitative estimate of drug-likeness (QED) is 0.813. The van der Waals surface area contributed by atoms with Crippen LogP contribution in [-0.4, -0.2) is 34.4 Å². The SMILES string of the molecule is COc1cc(C=O)c(OCc2cnc(C)c(C(=O)O)c2)cn1. The first-order valence-corrected chi connectivity index (χ1v) is 6.36. The van der Waals surface area contributed by atoms with Crippen LogP contribution in [0.1, 0.15) is 32.0 Å². The van der Waals surface area contributed by atoms with Gasteiger partial charge in [0, 0.05) is 17.8 Å². The van der Waals surface area contributed by atoms with E-state index in [4.69, 9.17) is 14.6 Å². The zero-order valence-corrected chi connectivity index (χ0v) is 12.1. The van der Waals surface area contributed by atoms with E-state index in [2.05, 4.69) is 9.97 Å². The van der Waals surface area contributed by atoms with Crippen LogP contribution in [-0.2, 0) is 6.61 Å². The topological polar surface area (TPSA) is 98.6 Å². The van der Waals surface area contributed by atoms with Gasteiger partial charge in [-0.1, -0.05) is 0 Å². The molecule has 0 radical (unpaired) electrons. The number of aldehydes is 1. The zero-order chi connectivity index (χ0) is 16.1. The molecule has 0 atom stereocenters. The summed E-state index contributed by atoms with van der Waals surface area (Å²) >= 11 is 0. The Kier molecular flexibility index (Phi) is 4.67. The fourth-order valence-corrected chi connectivity index (χ4v) is 1.80. The maximum atomic E-state index is 11.1. The number of pyridine rings is 2. The van der Waals surface area contributed by atoms with Crippen molar-refractivity contribution in [3.8, 4) is 11.6 Å². The van der Waals surface area contributed by atoms with Crippen LogP contribution in [0.3, 0.4) is 0 Å². The lowest BCUT2D eigenvalue weighted by molar-refractivity contribution is 0.0695. The Morgan fingerprint density at radius 3 is 2.73 bits per heavy atom. The van der Waals surface area contributed by atoms with Crippen LogP contribution in [0.5, 0.6) is 11.6 Å². The van der Waals surface area contributed by atoms with Gasteiger partial charge >= 0.3 is 5.97 Å². The van der Waals surface area contributed by atoms with Crippen molar-refractivity contribution >= 4 is 12.3 Å². The molecule has 2 aromatic rings. The van der Waals surface area contributed by atoms with Gasteiger partial charge in [0.15, 0.2) is 6.29 Å². The zero-order valence-electron chi connectivity index (χ0n) is 12.1. The highest BCUT2D eigenvalue weighted by atomic mass is 16.5. The second kappa shape index (κ2) is 6.66. The molecule has 7 heteroatoms. The molecule has 2 heterocycles. The largest absolute Gasteiger partial charge is 0.486 e. The normalized spacial score (nSPS) is 10.1. The van der Waals surface area contributed by atoms with Gasteiger partial charge < -0.3 is 14.6 Å². The smallest absolute Gasteiger partial charge is 0.337 e. The average molecular weight is 302 g/mol. The van der Waals surface area contributed by atoms with E-state index in [9.17, 15) is 9.59 Å². The molecule has 0 aliphatic heterocycles. The highest BCUT2D eigenvalue weighted by Gasteiger charge is 2.11. The van der Waals surface area contributed by atoms with E-state index in [-0.39, 0.29) is 17.9 Å². The number of methoxy groups -OCH3 is 1. The summed E-state index contributed by atoms with van der Waals surface area (Å²) in [5, 5.41) is 9.06. The maximum Gasteiger partial charge on any atom is 0.337 e. The van der Waals surface area contributed by atoms with Gasteiger partial charge in [0.25, 0.3) is 0 Å². The minimum atomic E-state index is -1.05. The molecule has 7 nitrogen and oxygen atoms in total. The molecule has 0 saturated carbocycles. The molecule has 0 bridgehead atoms. The molecule has 0 aromatic carbocycles. The average Bonchev–Trinajstić information content (AvgIpc) is 2.53. The Hall–Kier alpha value is -2.96. The van der Waals surface area contributed by atoms with E-state index >= 15 is 0 Å². The van der Waals surface area contributed by atoms with E-state index in [1.807, 2.05) is 0 Å². The van der Waals surface area contributed by atoms with E-state index in [1.54, 1.807) is 6.92 Å². The Balaban J connectivity index is 2.18. The molecule has 0 fully saturated rings. The summed E-state index contributed by atoms with van der Waals surface area (Å²) in [5.41, 5.74) is 1.42. The van der Waals surface area contributed by atoms with Gasteiger partial charge in [-0.25, -0.2) is 9.78 Å². The molecule has 22 heavy (non-hydrogen) atoms. The van der Waals surface area contributed by atoms with Crippen LogP contribution < -0.4 is 9.47 Å². The number of rotatable bonds is 6. The van der Waals surface area contributed by atoms with Gasteiger partial charge in [0.2, 0.25) is 5.88 Å². The highest BCUT2D eigenvalue weighted by Crippen LogP contribution is 2.21. The van der Waals surface area contributed by atoms with Crippen LogP contribution in [0, 0.1) is 6.92 Å². The summed E-state index contributed by atoms with van der Waals surface area (Å²) in [6.45, 7) is 1.69. The summed E-state index contributed by atoms with van der Waals surface area (Å²) in [4.78, 5) is 30.1. The van der Waals surface area contributed by atoms with Gasteiger partial charge in [-0.3, -0.25) is 9.78 Å². The minimum absolute atomic E-state index is 0.0718. The predicted molar refractivity (Wildman–Crippen MR) is 76.4 cm³/mol. The highest BCUT2D eigenvalue weighted by molar-refractivity contribution is 5.88. The summed E-state index contributed by atoms with van der Waals surface area (Å²) < 4.78 is 10.4. The Morgan fingerprint density at radius 1 is 1.32 bits per heavy atom. The van der Waals surface area contributed by atoms with Gasteiger partial charge in [0.05, 0.1) is 30.1 Å². The van der Waals surface area contributed by atoms with Crippen molar-refractivity contribution in [2.24, 2.45) is 0 Å². The number of nitrogens with zero attached hydrogens (tertiary/aromatic N) is 2. The van der Waals surface area contributed by atoms with Crippen molar-refractivity contribution in [2.45, 2.75) is 13.5 Å². The number of ether oxygens (including phenoxy) is 2. The van der Waals surface area contributed by atoms with Crippen molar-refractivity contribution in [2.75, 3.05) is 7.11 Å². The number of hydrogen-bond acceptors (Lipinski definition) is 6. The molecule has 2 aromatic heterocycles. The first-order valence-electron chi connectivity index (χ1n) is 6.36. The van der Waals surface area contributed by atoms with Gasteiger partial charge in [-0.2, -0.15) is 0 Å². The molecule has 114 valence electrons. The maximum absolute atomic E-state index is 11.1. The second-order valence-corrected chi connectivity index (χ2v) is 4.45. The lowest BCUT2D eigenvalue weighted by Gasteiger charge is -2.10. The molecule has 0 aliphatic carbocycles. The molecule has 0 amide bonds. The second-order valence-electron chi connectivity index (χ2n) is 4.45. The van der Waals surface area contributed by atoms with Gasteiger partial charge in [0.1, 0.15) is 12.4 Å². The Morgan fingerprint density at radius 2 is 2.09 bits per heavy atom. The molecule has 0 saturated heterocycles. The number of aromatic carboxylic acids is 1. The number of hydrogen-bond donors (Lipinski definition) is 1. The molecule has 0 aliphatic rings. The van der Waals surface area contributed by atoms with E-state index in [1.165, 1.54) is 31.6 Å². The molecule has 0 spiro atoms. The summed E-state index contributed by atoms with van der Waals surface area (Å²) in [5.74, 6) is -0.459. The van der Waals surface area contributed by atoms with Crippen LogP contribution in [0.4, 0.5) is 0 Å². The molecule has 2 rings (SSSR count). The van der Waals surface area contributed by atoms with Crippen molar-refractivity contribution in [3.63, 3.8) is 0 Å². The molecular formula is C15H14N2O5. The molecule has 1 N–H and O–H groups in total. The van der Waals surface area contributed by atoms with Crippen molar-refractivity contribution in [1.29, 1.82) is 0 Å². The Labute approximate surface area is 126 Å². The lowest BCUT2D eigenvalue weighted by Crippen LogP contribution is -2.06. The van der Waals surface area contributed by atoms with Crippen molar-refractivity contribution in [1.82, 2.24) is 9.97 Å². The minimum Gasteiger partial charge on any atom is -0.486 e. The van der Waals surface area contributed by atoms with Gasteiger partial charge in [-0.15, -0.1) is 0 Å². The number of carboxylic acids is 1. The number of carbonyl (C=O) groups is 2. The van der Waals surface area contributed by atoms with Crippen LogP contribution in [0.25, 0.3) is 0 Å². The van der Waals surface area contributed by atoms with Crippen LogP contribution in [0.2, 0.25) is 0 Å². The summed E-state index contributed by atoms with van der Waals surface area (Å²) in [6, 6.07) is 2.95. The first kappa shape index (κ1) is 15.4.